The summed E-state index contributed by atoms with van der Waals surface area (Å²) in [4.78, 5) is 11.3. The van der Waals surface area contributed by atoms with E-state index in [-0.39, 0.29) is 5.91 Å². The van der Waals surface area contributed by atoms with Crippen molar-refractivity contribution in [1.82, 2.24) is 10.6 Å². The van der Waals surface area contributed by atoms with Crippen LogP contribution in [0, 0.1) is 0 Å². The Hall–Kier alpha value is -0.570. The molecule has 0 spiro atoms. The number of carbonyl (C=O) groups excluding carboxylic acids is 1. The van der Waals surface area contributed by atoms with Crippen LogP contribution in [0.2, 0.25) is 0 Å². The minimum atomic E-state index is 0.153. The number of hydrogen-bond acceptors (Lipinski definition) is 2. The van der Waals surface area contributed by atoms with Gasteiger partial charge >= 0.3 is 0 Å². The third kappa shape index (κ3) is 4.27. The van der Waals surface area contributed by atoms with Gasteiger partial charge in [-0.15, -0.1) is 0 Å². The topological polar surface area (TPSA) is 41.1 Å². The number of hydrogen-bond donors (Lipinski definition) is 2. The Bertz CT molecular complexity index is 153. The molecule has 0 aromatic heterocycles. The molecule has 0 saturated heterocycles. The van der Waals surface area contributed by atoms with Crippen LogP contribution in [-0.2, 0) is 4.79 Å². The van der Waals surface area contributed by atoms with Crippen molar-refractivity contribution in [2.75, 3.05) is 13.1 Å². The van der Waals surface area contributed by atoms with Crippen LogP contribution in [0.25, 0.3) is 0 Å². The molecule has 0 aliphatic heterocycles. The van der Waals surface area contributed by atoms with Gasteiger partial charge in [0.15, 0.2) is 0 Å². The van der Waals surface area contributed by atoms with Gasteiger partial charge in [0.2, 0.25) is 5.91 Å². The van der Waals surface area contributed by atoms with E-state index in [0.717, 1.165) is 13.0 Å². The molecule has 1 rings (SSSR count). The van der Waals surface area contributed by atoms with Gasteiger partial charge in [-0.1, -0.05) is 19.8 Å². The summed E-state index contributed by atoms with van der Waals surface area (Å²) in [5, 5.41) is 6.13. The summed E-state index contributed by atoms with van der Waals surface area (Å²) >= 11 is 0. The normalized spacial score (nSPS) is 17.6. The molecule has 2 N–H and O–H groups in total. The van der Waals surface area contributed by atoms with Gasteiger partial charge in [0.25, 0.3) is 0 Å². The molecule has 1 amide bonds. The predicted molar refractivity (Wildman–Crippen MR) is 53.6 cm³/mol. The highest BCUT2D eigenvalue weighted by atomic mass is 16.1. The molecule has 1 fully saturated rings. The molecule has 1 aliphatic carbocycles. The SMILES string of the molecule is CCCNCC(=O)NC1CCCC1. The second-order valence-corrected chi connectivity index (χ2v) is 3.73. The maximum atomic E-state index is 11.3. The Balaban J connectivity index is 2.02. The van der Waals surface area contributed by atoms with Crippen molar-refractivity contribution < 1.29 is 4.79 Å². The fraction of sp³-hybridized carbons (Fsp3) is 0.900. The molecule has 1 saturated carbocycles. The molecule has 0 aromatic rings. The molecule has 0 aromatic carbocycles. The lowest BCUT2D eigenvalue weighted by Crippen LogP contribution is -2.39. The van der Waals surface area contributed by atoms with Crippen molar-refractivity contribution in [3.05, 3.63) is 0 Å². The van der Waals surface area contributed by atoms with Gasteiger partial charge in [-0.3, -0.25) is 4.79 Å². The van der Waals surface area contributed by atoms with Gasteiger partial charge in [0.1, 0.15) is 0 Å². The quantitative estimate of drug-likeness (QED) is 0.627. The lowest BCUT2D eigenvalue weighted by Gasteiger charge is -2.11. The van der Waals surface area contributed by atoms with Gasteiger partial charge in [0, 0.05) is 6.04 Å². The van der Waals surface area contributed by atoms with Gasteiger partial charge < -0.3 is 10.6 Å². The largest absolute Gasteiger partial charge is 0.352 e. The summed E-state index contributed by atoms with van der Waals surface area (Å²) in [6.45, 7) is 3.50. The Kier molecular flexibility index (Phi) is 4.83. The Morgan fingerprint density at radius 1 is 1.38 bits per heavy atom. The molecule has 0 bridgehead atoms. The van der Waals surface area contributed by atoms with Crippen LogP contribution in [0.1, 0.15) is 39.0 Å². The Labute approximate surface area is 80.3 Å². The molecule has 3 nitrogen and oxygen atoms in total. The third-order valence-electron chi connectivity index (χ3n) is 2.43. The molecule has 13 heavy (non-hydrogen) atoms. The Morgan fingerprint density at radius 2 is 2.08 bits per heavy atom. The van der Waals surface area contributed by atoms with E-state index in [0.29, 0.717) is 12.6 Å². The first-order valence-corrected chi connectivity index (χ1v) is 5.33. The van der Waals surface area contributed by atoms with E-state index in [1.807, 2.05) is 0 Å². The maximum Gasteiger partial charge on any atom is 0.234 e. The predicted octanol–water partition coefficient (Wildman–Crippen LogP) is 1.04. The number of rotatable bonds is 5. The monoisotopic (exact) mass is 184 g/mol. The summed E-state index contributed by atoms with van der Waals surface area (Å²) in [6, 6.07) is 0.455. The van der Waals surface area contributed by atoms with Crippen molar-refractivity contribution in [3.8, 4) is 0 Å². The zero-order valence-corrected chi connectivity index (χ0v) is 8.44. The highest BCUT2D eigenvalue weighted by Gasteiger charge is 2.16. The van der Waals surface area contributed by atoms with E-state index in [9.17, 15) is 4.79 Å². The average molecular weight is 184 g/mol. The summed E-state index contributed by atoms with van der Waals surface area (Å²) in [5.41, 5.74) is 0. The molecular formula is C10H20N2O. The lowest BCUT2D eigenvalue weighted by molar-refractivity contribution is -0.120. The summed E-state index contributed by atoms with van der Waals surface area (Å²) in [7, 11) is 0. The van der Waals surface area contributed by atoms with Crippen LogP contribution in [0.15, 0.2) is 0 Å². The van der Waals surface area contributed by atoms with Crippen LogP contribution in [0.4, 0.5) is 0 Å². The molecule has 76 valence electrons. The van der Waals surface area contributed by atoms with Crippen LogP contribution in [0.5, 0.6) is 0 Å². The van der Waals surface area contributed by atoms with Crippen LogP contribution in [0.3, 0.4) is 0 Å². The first-order chi connectivity index (χ1) is 6.33. The van der Waals surface area contributed by atoms with Gasteiger partial charge in [-0.25, -0.2) is 0 Å². The van der Waals surface area contributed by atoms with E-state index in [1.54, 1.807) is 0 Å². The van der Waals surface area contributed by atoms with Crippen molar-refractivity contribution >= 4 is 5.91 Å². The summed E-state index contributed by atoms with van der Waals surface area (Å²) in [5.74, 6) is 0.153. The number of nitrogens with one attached hydrogen (secondary N) is 2. The van der Waals surface area contributed by atoms with E-state index in [4.69, 9.17) is 0 Å². The molecule has 0 unspecified atom stereocenters. The fourth-order valence-corrected chi connectivity index (χ4v) is 1.73. The summed E-state index contributed by atoms with van der Waals surface area (Å²) < 4.78 is 0. The first-order valence-electron chi connectivity index (χ1n) is 5.33. The molecule has 3 heteroatoms. The summed E-state index contributed by atoms with van der Waals surface area (Å²) in [6.07, 6.45) is 5.95. The highest BCUT2D eigenvalue weighted by molar-refractivity contribution is 5.78. The van der Waals surface area contributed by atoms with Gasteiger partial charge in [-0.05, 0) is 25.8 Å². The zero-order chi connectivity index (χ0) is 9.52. The molecular weight excluding hydrogens is 164 g/mol. The van der Waals surface area contributed by atoms with E-state index >= 15 is 0 Å². The third-order valence-corrected chi connectivity index (χ3v) is 2.43. The lowest BCUT2D eigenvalue weighted by atomic mass is 10.2. The molecule has 0 atom stereocenters. The second kappa shape index (κ2) is 5.97. The molecule has 0 radical (unpaired) electrons. The number of amides is 1. The van der Waals surface area contributed by atoms with E-state index < -0.39 is 0 Å². The standard InChI is InChI=1S/C10H20N2O/c1-2-7-11-8-10(13)12-9-5-3-4-6-9/h9,11H,2-8H2,1H3,(H,12,13). The van der Waals surface area contributed by atoms with Crippen molar-refractivity contribution in [2.45, 2.75) is 45.1 Å². The fourth-order valence-electron chi connectivity index (χ4n) is 1.73. The minimum Gasteiger partial charge on any atom is -0.352 e. The smallest absolute Gasteiger partial charge is 0.234 e. The van der Waals surface area contributed by atoms with Crippen molar-refractivity contribution in [2.24, 2.45) is 0 Å². The first kappa shape index (κ1) is 10.5. The van der Waals surface area contributed by atoms with E-state index in [2.05, 4.69) is 17.6 Å². The zero-order valence-electron chi connectivity index (χ0n) is 8.44. The molecule has 0 heterocycles. The number of carbonyl (C=O) groups is 1. The van der Waals surface area contributed by atoms with Crippen molar-refractivity contribution in [3.63, 3.8) is 0 Å². The maximum absolute atomic E-state index is 11.3. The second-order valence-electron chi connectivity index (χ2n) is 3.73. The highest BCUT2D eigenvalue weighted by Crippen LogP contribution is 2.17. The average Bonchev–Trinajstić information content (AvgIpc) is 2.57. The van der Waals surface area contributed by atoms with Gasteiger partial charge in [-0.2, -0.15) is 0 Å². The molecule has 1 aliphatic rings. The van der Waals surface area contributed by atoms with E-state index in [1.165, 1.54) is 25.7 Å². The minimum absolute atomic E-state index is 0.153. The van der Waals surface area contributed by atoms with Crippen LogP contribution >= 0.6 is 0 Å². The van der Waals surface area contributed by atoms with Crippen LogP contribution in [-0.4, -0.2) is 25.0 Å². The Morgan fingerprint density at radius 3 is 2.69 bits per heavy atom. The van der Waals surface area contributed by atoms with Gasteiger partial charge in [0.05, 0.1) is 6.54 Å². The van der Waals surface area contributed by atoms with Crippen LogP contribution < -0.4 is 10.6 Å². The van der Waals surface area contributed by atoms with Crippen molar-refractivity contribution in [1.29, 1.82) is 0 Å².